The highest BCUT2D eigenvalue weighted by atomic mass is 35.5. The number of halogens is 1. The number of hydrogen-bond donors (Lipinski definition) is 1. The molecule has 0 aliphatic heterocycles. The Morgan fingerprint density at radius 3 is 2.93 bits per heavy atom. The fourth-order valence-electron chi connectivity index (χ4n) is 1.22. The van der Waals surface area contributed by atoms with Crippen molar-refractivity contribution in [2.24, 2.45) is 5.73 Å². The van der Waals surface area contributed by atoms with E-state index in [2.05, 4.69) is 10.2 Å². The van der Waals surface area contributed by atoms with Gasteiger partial charge >= 0.3 is 0 Å². The van der Waals surface area contributed by atoms with Crippen molar-refractivity contribution in [1.82, 2.24) is 10.2 Å². The van der Waals surface area contributed by atoms with E-state index < -0.39 is 0 Å². The maximum absolute atomic E-state index is 5.90. The molecule has 2 rings (SSSR count). The van der Waals surface area contributed by atoms with E-state index in [0.717, 1.165) is 22.0 Å². The molecule has 0 atom stereocenters. The van der Waals surface area contributed by atoms with E-state index in [1.54, 1.807) is 11.3 Å². The minimum absolute atomic E-state index is 0.601. The molecule has 1 aromatic carbocycles. The molecule has 0 unspecified atom stereocenters. The average molecular weight is 240 g/mol. The molecule has 0 aliphatic rings. The van der Waals surface area contributed by atoms with Gasteiger partial charge in [-0.25, -0.2) is 0 Å². The lowest BCUT2D eigenvalue weighted by molar-refractivity contribution is 0.913. The Bertz CT molecular complexity index is 455. The van der Waals surface area contributed by atoms with Gasteiger partial charge in [-0.1, -0.05) is 35.1 Å². The Morgan fingerprint density at radius 2 is 2.20 bits per heavy atom. The highest BCUT2D eigenvalue weighted by Crippen LogP contribution is 2.25. The average Bonchev–Trinajstić information content (AvgIpc) is 2.67. The van der Waals surface area contributed by atoms with Crippen molar-refractivity contribution in [1.29, 1.82) is 0 Å². The largest absolute Gasteiger partial charge is 0.330 e. The maximum Gasteiger partial charge on any atom is 0.147 e. The molecule has 78 valence electrons. The predicted molar refractivity (Wildman–Crippen MR) is 63.1 cm³/mol. The van der Waals surface area contributed by atoms with Crippen molar-refractivity contribution >= 4 is 22.9 Å². The molecule has 0 aliphatic carbocycles. The first-order chi connectivity index (χ1) is 7.29. The van der Waals surface area contributed by atoms with Crippen LogP contribution >= 0.6 is 22.9 Å². The van der Waals surface area contributed by atoms with Crippen LogP contribution in [0.1, 0.15) is 5.01 Å². The van der Waals surface area contributed by atoms with Crippen LogP contribution in [0.4, 0.5) is 0 Å². The van der Waals surface area contributed by atoms with E-state index in [9.17, 15) is 0 Å². The van der Waals surface area contributed by atoms with E-state index >= 15 is 0 Å². The molecule has 0 spiro atoms. The van der Waals surface area contributed by atoms with Crippen molar-refractivity contribution in [3.8, 4) is 10.6 Å². The van der Waals surface area contributed by atoms with E-state index in [0.29, 0.717) is 11.6 Å². The van der Waals surface area contributed by atoms with Crippen LogP contribution in [0.2, 0.25) is 5.02 Å². The Morgan fingerprint density at radius 1 is 1.33 bits per heavy atom. The minimum atomic E-state index is 0.601. The number of nitrogens with two attached hydrogens (primary N) is 1. The van der Waals surface area contributed by atoms with Crippen LogP contribution < -0.4 is 5.73 Å². The number of hydrogen-bond acceptors (Lipinski definition) is 4. The molecule has 2 N–H and O–H groups in total. The van der Waals surface area contributed by atoms with E-state index in [-0.39, 0.29) is 0 Å². The molecule has 3 nitrogen and oxygen atoms in total. The second-order valence-corrected chi connectivity index (χ2v) is 4.55. The molecule has 5 heteroatoms. The van der Waals surface area contributed by atoms with Gasteiger partial charge in [0.1, 0.15) is 10.0 Å². The molecule has 1 heterocycles. The highest BCUT2D eigenvalue weighted by molar-refractivity contribution is 7.14. The van der Waals surface area contributed by atoms with E-state index in [1.807, 2.05) is 24.3 Å². The standard InChI is InChI=1S/C10H10ClN3S/c11-8-3-1-2-7(6-8)10-14-13-9(15-10)4-5-12/h1-3,6H,4-5,12H2. The number of rotatable bonds is 3. The van der Waals surface area contributed by atoms with Gasteiger partial charge in [-0.3, -0.25) is 0 Å². The smallest absolute Gasteiger partial charge is 0.147 e. The third kappa shape index (κ3) is 2.53. The van der Waals surface area contributed by atoms with Gasteiger partial charge < -0.3 is 5.73 Å². The molecule has 0 fully saturated rings. The van der Waals surface area contributed by atoms with Gasteiger partial charge in [-0.05, 0) is 18.7 Å². The van der Waals surface area contributed by atoms with Gasteiger partial charge in [0.25, 0.3) is 0 Å². The number of aromatic nitrogens is 2. The lowest BCUT2D eigenvalue weighted by Crippen LogP contribution is -2.01. The quantitative estimate of drug-likeness (QED) is 0.895. The SMILES string of the molecule is NCCc1nnc(-c2cccc(Cl)c2)s1. The maximum atomic E-state index is 5.90. The highest BCUT2D eigenvalue weighted by Gasteiger charge is 2.05. The minimum Gasteiger partial charge on any atom is -0.330 e. The predicted octanol–water partition coefficient (Wildman–Crippen LogP) is 2.36. The van der Waals surface area contributed by atoms with Crippen LogP contribution in [-0.2, 0) is 6.42 Å². The summed E-state index contributed by atoms with van der Waals surface area (Å²) in [6.07, 6.45) is 0.776. The van der Waals surface area contributed by atoms with Gasteiger partial charge in [0.2, 0.25) is 0 Å². The molecular weight excluding hydrogens is 230 g/mol. The molecule has 1 aromatic heterocycles. The normalized spacial score (nSPS) is 10.5. The van der Waals surface area contributed by atoms with Gasteiger partial charge in [0.05, 0.1) is 0 Å². The number of nitrogens with zero attached hydrogens (tertiary/aromatic N) is 2. The van der Waals surface area contributed by atoms with Gasteiger partial charge in [0, 0.05) is 17.0 Å². The Labute approximate surface area is 96.9 Å². The summed E-state index contributed by atoms with van der Waals surface area (Å²) in [6.45, 7) is 0.601. The Hall–Kier alpha value is -0.970. The van der Waals surface area contributed by atoms with Crippen molar-refractivity contribution in [3.63, 3.8) is 0 Å². The third-order valence-electron chi connectivity index (χ3n) is 1.90. The molecule has 15 heavy (non-hydrogen) atoms. The van der Waals surface area contributed by atoms with E-state index in [4.69, 9.17) is 17.3 Å². The summed E-state index contributed by atoms with van der Waals surface area (Å²) in [7, 11) is 0. The monoisotopic (exact) mass is 239 g/mol. The molecular formula is C10H10ClN3S. The molecule has 0 saturated carbocycles. The van der Waals surface area contributed by atoms with Gasteiger partial charge in [0.15, 0.2) is 0 Å². The summed E-state index contributed by atoms with van der Waals surface area (Å²) in [5, 5.41) is 10.7. The zero-order valence-electron chi connectivity index (χ0n) is 7.98. The molecule has 0 amide bonds. The first kappa shape index (κ1) is 10.5. The fraction of sp³-hybridized carbons (Fsp3) is 0.200. The van der Waals surface area contributed by atoms with Crippen molar-refractivity contribution in [3.05, 3.63) is 34.3 Å². The number of benzene rings is 1. The van der Waals surface area contributed by atoms with Crippen LogP contribution in [0.3, 0.4) is 0 Å². The summed E-state index contributed by atoms with van der Waals surface area (Å²) < 4.78 is 0. The third-order valence-corrected chi connectivity index (χ3v) is 3.16. The second-order valence-electron chi connectivity index (χ2n) is 3.05. The van der Waals surface area contributed by atoms with Crippen LogP contribution in [0.15, 0.2) is 24.3 Å². The van der Waals surface area contributed by atoms with E-state index in [1.165, 1.54) is 0 Å². The molecule has 0 radical (unpaired) electrons. The first-order valence-corrected chi connectivity index (χ1v) is 5.77. The summed E-state index contributed by atoms with van der Waals surface area (Å²) in [5.41, 5.74) is 6.45. The van der Waals surface area contributed by atoms with Gasteiger partial charge in [-0.2, -0.15) is 0 Å². The van der Waals surface area contributed by atoms with Crippen LogP contribution in [0.25, 0.3) is 10.6 Å². The van der Waals surface area contributed by atoms with Crippen LogP contribution in [0, 0.1) is 0 Å². The van der Waals surface area contributed by atoms with Crippen LogP contribution in [-0.4, -0.2) is 16.7 Å². The molecule has 2 aromatic rings. The van der Waals surface area contributed by atoms with Crippen molar-refractivity contribution in [2.75, 3.05) is 6.54 Å². The summed E-state index contributed by atoms with van der Waals surface area (Å²) in [4.78, 5) is 0. The first-order valence-electron chi connectivity index (χ1n) is 4.58. The van der Waals surface area contributed by atoms with Crippen molar-refractivity contribution in [2.45, 2.75) is 6.42 Å². The summed E-state index contributed by atoms with van der Waals surface area (Å²) in [6, 6.07) is 7.60. The zero-order chi connectivity index (χ0) is 10.7. The lowest BCUT2D eigenvalue weighted by Gasteiger charge is -1.94. The molecule has 0 saturated heterocycles. The lowest BCUT2D eigenvalue weighted by atomic mass is 10.2. The van der Waals surface area contributed by atoms with Crippen molar-refractivity contribution < 1.29 is 0 Å². The fourth-order valence-corrected chi connectivity index (χ4v) is 2.26. The molecule has 0 bridgehead atoms. The Kier molecular flexibility index (Phi) is 3.30. The second kappa shape index (κ2) is 4.70. The summed E-state index contributed by atoms with van der Waals surface area (Å²) >= 11 is 7.46. The topological polar surface area (TPSA) is 51.8 Å². The van der Waals surface area contributed by atoms with Crippen LogP contribution in [0.5, 0.6) is 0 Å². The zero-order valence-corrected chi connectivity index (χ0v) is 9.55. The summed E-state index contributed by atoms with van der Waals surface area (Å²) in [5.74, 6) is 0. The Balaban J connectivity index is 2.29. The van der Waals surface area contributed by atoms with Gasteiger partial charge in [-0.15, -0.1) is 10.2 Å².